The molecule has 0 aromatic heterocycles. The number of amides is 1. The van der Waals surface area contributed by atoms with Crippen LogP contribution in [-0.2, 0) is 4.79 Å². The zero-order valence-corrected chi connectivity index (χ0v) is 10.2. The Morgan fingerprint density at radius 3 is 2.57 bits per heavy atom. The van der Waals surface area contributed by atoms with E-state index >= 15 is 0 Å². The third-order valence-corrected chi connectivity index (χ3v) is 2.51. The molecular formula is C10H20BrNO2. The molecule has 0 spiro atoms. The fourth-order valence-electron chi connectivity index (χ4n) is 1.11. The number of carbonyl (C=O) groups is 1. The van der Waals surface area contributed by atoms with Crippen molar-refractivity contribution in [2.24, 2.45) is 0 Å². The highest BCUT2D eigenvalue weighted by Crippen LogP contribution is 1.98. The number of hydrogen-bond donors (Lipinski definition) is 2. The first-order chi connectivity index (χ1) is 6.81. The van der Waals surface area contributed by atoms with Gasteiger partial charge in [-0.1, -0.05) is 15.9 Å². The fraction of sp³-hybridized carbons (Fsp3) is 0.900. The second-order valence-corrected chi connectivity index (χ2v) is 4.07. The predicted molar refractivity (Wildman–Crippen MR) is 61.6 cm³/mol. The number of halogens is 1. The average Bonchev–Trinajstić information content (AvgIpc) is 2.18. The maximum atomic E-state index is 11.2. The molecule has 4 heteroatoms. The number of nitrogens with one attached hydrogen (secondary N) is 1. The van der Waals surface area contributed by atoms with Gasteiger partial charge in [-0.15, -0.1) is 0 Å². The van der Waals surface area contributed by atoms with Crippen molar-refractivity contribution in [2.45, 2.75) is 38.5 Å². The van der Waals surface area contributed by atoms with Gasteiger partial charge in [0.2, 0.25) is 5.91 Å². The number of aliphatic hydroxyl groups excluding tert-OH is 1. The second-order valence-electron chi connectivity index (χ2n) is 3.28. The lowest BCUT2D eigenvalue weighted by Gasteiger charge is -2.03. The maximum absolute atomic E-state index is 11.2. The summed E-state index contributed by atoms with van der Waals surface area (Å²) in [5.41, 5.74) is 0. The van der Waals surface area contributed by atoms with Crippen molar-refractivity contribution in [1.29, 1.82) is 0 Å². The van der Waals surface area contributed by atoms with E-state index in [4.69, 9.17) is 5.11 Å². The Hall–Kier alpha value is -0.0900. The van der Waals surface area contributed by atoms with E-state index in [-0.39, 0.29) is 12.5 Å². The molecule has 0 bridgehead atoms. The topological polar surface area (TPSA) is 49.3 Å². The zero-order chi connectivity index (χ0) is 10.6. The van der Waals surface area contributed by atoms with Crippen molar-refractivity contribution in [2.75, 3.05) is 18.5 Å². The van der Waals surface area contributed by atoms with Gasteiger partial charge < -0.3 is 10.4 Å². The molecule has 0 rings (SSSR count). The molecule has 0 aliphatic heterocycles. The van der Waals surface area contributed by atoms with Crippen molar-refractivity contribution >= 4 is 21.8 Å². The molecule has 0 atom stereocenters. The van der Waals surface area contributed by atoms with Crippen LogP contribution in [-0.4, -0.2) is 29.5 Å². The lowest BCUT2D eigenvalue weighted by atomic mass is 10.2. The summed E-state index contributed by atoms with van der Waals surface area (Å²) >= 11 is 3.33. The SMILES string of the molecule is O=C(CCCCBr)NCCCCCO. The third kappa shape index (κ3) is 9.99. The van der Waals surface area contributed by atoms with Crippen LogP contribution < -0.4 is 5.32 Å². The van der Waals surface area contributed by atoms with E-state index in [0.717, 1.165) is 44.0 Å². The van der Waals surface area contributed by atoms with Crippen LogP contribution in [0.4, 0.5) is 0 Å². The molecule has 14 heavy (non-hydrogen) atoms. The van der Waals surface area contributed by atoms with Crippen LogP contribution >= 0.6 is 15.9 Å². The summed E-state index contributed by atoms with van der Waals surface area (Å²) in [6.07, 6.45) is 5.42. The lowest BCUT2D eigenvalue weighted by Crippen LogP contribution is -2.24. The van der Waals surface area contributed by atoms with Gasteiger partial charge in [-0.05, 0) is 32.1 Å². The molecule has 0 aliphatic carbocycles. The second kappa shape index (κ2) is 11.0. The highest BCUT2D eigenvalue weighted by molar-refractivity contribution is 9.09. The van der Waals surface area contributed by atoms with Gasteiger partial charge in [0, 0.05) is 24.9 Å². The molecular weight excluding hydrogens is 246 g/mol. The van der Waals surface area contributed by atoms with Crippen molar-refractivity contribution in [3.63, 3.8) is 0 Å². The molecule has 0 unspecified atom stereocenters. The van der Waals surface area contributed by atoms with Gasteiger partial charge in [-0.25, -0.2) is 0 Å². The summed E-state index contributed by atoms with van der Waals surface area (Å²) in [6, 6.07) is 0. The van der Waals surface area contributed by atoms with E-state index in [1.807, 2.05) is 0 Å². The number of hydrogen-bond acceptors (Lipinski definition) is 2. The van der Waals surface area contributed by atoms with E-state index in [0.29, 0.717) is 6.42 Å². The number of carbonyl (C=O) groups excluding carboxylic acids is 1. The van der Waals surface area contributed by atoms with Gasteiger partial charge in [-0.2, -0.15) is 0 Å². The number of unbranched alkanes of at least 4 members (excludes halogenated alkanes) is 3. The molecule has 0 aromatic rings. The van der Waals surface area contributed by atoms with Crippen LogP contribution in [0.2, 0.25) is 0 Å². The van der Waals surface area contributed by atoms with Crippen molar-refractivity contribution in [3.8, 4) is 0 Å². The van der Waals surface area contributed by atoms with Crippen LogP contribution in [0, 0.1) is 0 Å². The third-order valence-electron chi connectivity index (χ3n) is 1.94. The van der Waals surface area contributed by atoms with Gasteiger partial charge in [0.05, 0.1) is 0 Å². The molecule has 2 N–H and O–H groups in total. The monoisotopic (exact) mass is 265 g/mol. The summed E-state index contributed by atoms with van der Waals surface area (Å²) in [5.74, 6) is 0.148. The highest BCUT2D eigenvalue weighted by atomic mass is 79.9. The van der Waals surface area contributed by atoms with Gasteiger partial charge in [0.1, 0.15) is 0 Å². The standard InChI is InChI=1S/C10H20BrNO2/c11-7-3-2-6-10(14)12-8-4-1-5-9-13/h13H,1-9H2,(H,12,14). The molecule has 0 fully saturated rings. The van der Waals surface area contributed by atoms with Crippen LogP contribution in [0.3, 0.4) is 0 Å². The van der Waals surface area contributed by atoms with E-state index in [2.05, 4.69) is 21.2 Å². The molecule has 0 heterocycles. The molecule has 1 amide bonds. The summed E-state index contributed by atoms with van der Waals surface area (Å²) < 4.78 is 0. The largest absolute Gasteiger partial charge is 0.396 e. The Kier molecular flexibility index (Phi) is 10.9. The van der Waals surface area contributed by atoms with Gasteiger partial charge in [0.15, 0.2) is 0 Å². The summed E-state index contributed by atoms with van der Waals surface area (Å²) in [6.45, 7) is 0.992. The first kappa shape index (κ1) is 13.9. The molecule has 0 saturated carbocycles. The molecule has 3 nitrogen and oxygen atoms in total. The quantitative estimate of drug-likeness (QED) is 0.494. The summed E-state index contributed by atoms with van der Waals surface area (Å²) in [5, 5.41) is 12.4. The van der Waals surface area contributed by atoms with E-state index in [9.17, 15) is 4.79 Å². The zero-order valence-electron chi connectivity index (χ0n) is 8.60. The molecule has 0 aliphatic rings. The number of aliphatic hydroxyl groups is 1. The number of rotatable bonds is 9. The van der Waals surface area contributed by atoms with Gasteiger partial charge in [-0.3, -0.25) is 4.79 Å². The van der Waals surface area contributed by atoms with Crippen molar-refractivity contribution in [3.05, 3.63) is 0 Å². The van der Waals surface area contributed by atoms with E-state index in [1.54, 1.807) is 0 Å². The Bertz CT molecular complexity index is 142. The van der Waals surface area contributed by atoms with Gasteiger partial charge in [0.25, 0.3) is 0 Å². The van der Waals surface area contributed by atoms with Crippen LogP contribution in [0.5, 0.6) is 0 Å². The van der Waals surface area contributed by atoms with Crippen LogP contribution in [0.25, 0.3) is 0 Å². The minimum absolute atomic E-state index is 0.148. The molecule has 84 valence electrons. The molecule has 0 aromatic carbocycles. The minimum atomic E-state index is 0.148. The molecule has 0 saturated heterocycles. The summed E-state index contributed by atoms with van der Waals surface area (Å²) in [7, 11) is 0. The average molecular weight is 266 g/mol. The van der Waals surface area contributed by atoms with Crippen molar-refractivity contribution in [1.82, 2.24) is 5.32 Å². The van der Waals surface area contributed by atoms with E-state index in [1.165, 1.54) is 0 Å². The smallest absolute Gasteiger partial charge is 0.219 e. The summed E-state index contributed by atoms with van der Waals surface area (Å²) in [4.78, 5) is 11.2. The predicted octanol–water partition coefficient (Wildman–Crippen LogP) is 1.83. The van der Waals surface area contributed by atoms with Crippen LogP contribution in [0.15, 0.2) is 0 Å². The lowest BCUT2D eigenvalue weighted by molar-refractivity contribution is -0.121. The van der Waals surface area contributed by atoms with Crippen LogP contribution in [0.1, 0.15) is 38.5 Å². The van der Waals surface area contributed by atoms with E-state index < -0.39 is 0 Å². The first-order valence-corrected chi connectivity index (χ1v) is 6.37. The Morgan fingerprint density at radius 1 is 1.14 bits per heavy atom. The Morgan fingerprint density at radius 2 is 1.93 bits per heavy atom. The highest BCUT2D eigenvalue weighted by Gasteiger charge is 1.99. The minimum Gasteiger partial charge on any atom is -0.396 e. The Labute approximate surface area is 94.4 Å². The number of alkyl halides is 1. The fourth-order valence-corrected chi connectivity index (χ4v) is 1.51. The maximum Gasteiger partial charge on any atom is 0.219 e. The normalized spacial score (nSPS) is 10.1. The Balaban J connectivity index is 3.10. The molecule has 0 radical (unpaired) electrons. The first-order valence-electron chi connectivity index (χ1n) is 5.24. The van der Waals surface area contributed by atoms with Gasteiger partial charge >= 0.3 is 0 Å². The van der Waals surface area contributed by atoms with Crippen molar-refractivity contribution < 1.29 is 9.90 Å².